The lowest BCUT2D eigenvalue weighted by Crippen LogP contribution is -2.15. The number of aryl methyl sites for hydroxylation is 8. The zero-order valence-corrected chi connectivity index (χ0v) is 38.1. The highest BCUT2D eigenvalue weighted by Crippen LogP contribution is 2.52. The van der Waals surface area contributed by atoms with Crippen LogP contribution in [0.2, 0.25) is 0 Å². The van der Waals surface area contributed by atoms with Crippen molar-refractivity contribution < 1.29 is 4.74 Å². The van der Waals surface area contributed by atoms with Gasteiger partial charge in [-0.05, 0) is 201 Å². The molecule has 312 valence electrons. The van der Waals surface area contributed by atoms with Crippen LogP contribution in [0.15, 0.2) is 176 Å². The molecule has 0 atom stereocenters. The van der Waals surface area contributed by atoms with Crippen molar-refractivity contribution in [1.82, 2.24) is 0 Å². The first-order chi connectivity index (χ1) is 30.9. The minimum Gasteiger partial charge on any atom is -0.453 e. The van der Waals surface area contributed by atoms with Gasteiger partial charge in [-0.25, -0.2) is 0 Å². The maximum Gasteiger partial charge on any atom is 0.151 e. The summed E-state index contributed by atoms with van der Waals surface area (Å²) in [5.41, 5.74) is 27.4. The Hall–Kier alpha value is -7.42. The fourth-order valence-corrected chi connectivity index (χ4v) is 9.88. The van der Waals surface area contributed by atoms with E-state index in [2.05, 4.69) is 224 Å². The van der Waals surface area contributed by atoms with E-state index in [9.17, 15) is 0 Å². The first kappa shape index (κ1) is 40.6. The normalized spacial score (nSPS) is 11.8. The Kier molecular flexibility index (Phi) is 10.4. The highest BCUT2D eigenvalue weighted by Gasteiger charge is 2.26. The summed E-state index contributed by atoms with van der Waals surface area (Å²) in [7, 11) is 0. The number of rotatable bonds is 7. The van der Waals surface area contributed by atoms with E-state index in [1.807, 2.05) is 12.1 Å². The van der Waals surface area contributed by atoms with Crippen LogP contribution in [0, 0.1) is 55.4 Å². The van der Waals surface area contributed by atoms with E-state index < -0.39 is 0 Å². The molecule has 0 aliphatic carbocycles. The van der Waals surface area contributed by atoms with Crippen LogP contribution in [0.25, 0.3) is 66.8 Å². The smallest absolute Gasteiger partial charge is 0.151 e. The van der Waals surface area contributed by atoms with E-state index >= 15 is 0 Å². The van der Waals surface area contributed by atoms with Gasteiger partial charge in [0.1, 0.15) is 0 Å². The number of hydrogen-bond acceptors (Lipinski definition) is 2. The summed E-state index contributed by atoms with van der Waals surface area (Å²) in [6.45, 7) is 17.5. The number of anilines is 3. The molecule has 0 N–H and O–H groups in total. The standard InChI is InChI=1S/C62H53NO/c1-38-17-39(2)22-46(21-38)50-29-51(47-23-40(3)18-41(4)24-47)32-54(31-50)56-35-57(37-58(36-56)63-59-13-9-11-15-61(59)64-62-16-12-10-14-60(62)63)55-33-52(48-25-42(5)19-43(6)26-48)30-53(34-55)49-27-44(7)20-45(8)28-49/h9-37H,1-8H3. The summed E-state index contributed by atoms with van der Waals surface area (Å²) in [6, 6.07) is 65.7. The van der Waals surface area contributed by atoms with Gasteiger partial charge in [0, 0.05) is 5.69 Å². The van der Waals surface area contributed by atoms with Crippen molar-refractivity contribution in [3.05, 3.63) is 220 Å². The van der Waals surface area contributed by atoms with E-state index in [0.29, 0.717) is 0 Å². The van der Waals surface area contributed by atoms with Crippen molar-refractivity contribution in [2.24, 2.45) is 0 Å². The molecule has 0 unspecified atom stereocenters. The topological polar surface area (TPSA) is 12.5 Å². The Bertz CT molecular complexity index is 2860. The predicted molar refractivity (Wildman–Crippen MR) is 272 cm³/mol. The predicted octanol–water partition coefficient (Wildman–Crippen LogP) is 17.7. The maximum atomic E-state index is 6.55. The van der Waals surface area contributed by atoms with Crippen LogP contribution in [-0.2, 0) is 0 Å². The Morgan fingerprint density at radius 1 is 0.250 bits per heavy atom. The average Bonchev–Trinajstić information content (AvgIpc) is 3.26. The molecule has 9 aromatic carbocycles. The van der Waals surface area contributed by atoms with Gasteiger partial charge in [0.15, 0.2) is 11.5 Å². The summed E-state index contributed by atoms with van der Waals surface area (Å²) >= 11 is 0. The zero-order valence-electron chi connectivity index (χ0n) is 38.1. The van der Waals surface area contributed by atoms with Crippen LogP contribution in [0.5, 0.6) is 11.5 Å². The average molecular weight is 828 g/mol. The van der Waals surface area contributed by atoms with Crippen molar-refractivity contribution in [3.8, 4) is 78.3 Å². The van der Waals surface area contributed by atoms with Crippen molar-refractivity contribution in [1.29, 1.82) is 0 Å². The molecule has 9 aromatic rings. The molecular weight excluding hydrogens is 775 g/mol. The molecule has 0 fully saturated rings. The molecule has 64 heavy (non-hydrogen) atoms. The van der Waals surface area contributed by atoms with Gasteiger partial charge in [-0.2, -0.15) is 0 Å². The molecule has 0 radical (unpaired) electrons. The van der Waals surface area contributed by atoms with Gasteiger partial charge in [0.2, 0.25) is 0 Å². The van der Waals surface area contributed by atoms with Gasteiger partial charge in [-0.3, -0.25) is 0 Å². The van der Waals surface area contributed by atoms with E-state index in [1.54, 1.807) is 0 Å². The van der Waals surface area contributed by atoms with E-state index in [-0.39, 0.29) is 0 Å². The molecule has 10 rings (SSSR count). The third-order valence-electron chi connectivity index (χ3n) is 12.4. The summed E-state index contributed by atoms with van der Waals surface area (Å²) in [5, 5.41) is 0. The maximum absolute atomic E-state index is 6.55. The zero-order chi connectivity index (χ0) is 44.2. The van der Waals surface area contributed by atoms with E-state index in [1.165, 1.54) is 89.0 Å². The Labute approximate surface area is 379 Å². The lowest BCUT2D eigenvalue weighted by Gasteiger charge is -2.33. The minimum absolute atomic E-state index is 0.830. The monoisotopic (exact) mass is 827 g/mol. The third kappa shape index (κ3) is 8.16. The Balaban J connectivity index is 1.27. The molecule has 0 saturated heterocycles. The van der Waals surface area contributed by atoms with Gasteiger partial charge < -0.3 is 9.64 Å². The summed E-state index contributed by atoms with van der Waals surface area (Å²) < 4.78 is 6.55. The van der Waals surface area contributed by atoms with E-state index in [0.717, 1.165) is 50.8 Å². The SMILES string of the molecule is Cc1cc(C)cc(-c2cc(-c3cc(C)cc(C)c3)cc(-c3cc(-c4cc(-c5cc(C)cc(C)c5)cc(-c5cc(C)cc(C)c5)c4)cc(N4c5ccccc5Oc5ccccc54)c3)c2)c1. The second kappa shape index (κ2) is 16.4. The van der Waals surface area contributed by atoms with Gasteiger partial charge in [0.05, 0.1) is 11.4 Å². The lowest BCUT2D eigenvalue weighted by atomic mass is 9.88. The summed E-state index contributed by atoms with van der Waals surface area (Å²) in [6.07, 6.45) is 0. The second-order valence-corrected chi connectivity index (χ2v) is 18.2. The van der Waals surface area contributed by atoms with Crippen LogP contribution in [0.3, 0.4) is 0 Å². The number of fused-ring (bicyclic) bond motifs is 2. The molecule has 0 spiro atoms. The Morgan fingerprint density at radius 3 is 0.734 bits per heavy atom. The van der Waals surface area contributed by atoms with Gasteiger partial charge in [-0.15, -0.1) is 0 Å². The molecule has 2 nitrogen and oxygen atoms in total. The van der Waals surface area contributed by atoms with Crippen LogP contribution < -0.4 is 9.64 Å². The molecule has 1 aliphatic heterocycles. The molecule has 2 heteroatoms. The molecule has 0 saturated carbocycles. The van der Waals surface area contributed by atoms with Gasteiger partial charge in [-0.1, -0.05) is 142 Å². The van der Waals surface area contributed by atoms with Crippen molar-refractivity contribution in [3.63, 3.8) is 0 Å². The third-order valence-corrected chi connectivity index (χ3v) is 12.4. The largest absolute Gasteiger partial charge is 0.453 e. The van der Waals surface area contributed by atoms with Crippen molar-refractivity contribution in [2.45, 2.75) is 55.4 Å². The summed E-state index contributed by atoms with van der Waals surface area (Å²) in [4.78, 5) is 2.37. The van der Waals surface area contributed by atoms with Crippen LogP contribution >= 0.6 is 0 Å². The molecule has 0 bridgehead atoms. The fourth-order valence-electron chi connectivity index (χ4n) is 9.88. The number of nitrogens with zero attached hydrogens (tertiary/aromatic N) is 1. The molecular formula is C62H53NO. The quantitative estimate of drug-likeness (QED) is 0.159. The number of ether oxygens (including phenoxy) is 1. The summed E-state index contributed by atoms with van der Waals surface area (Å²) in [5.74, 6) is 1.66. The van der Waals surface area contributed by atoms with Crippen LogP contribution in [-0.4, -0.2) is 0 Å². The lowest BCUT2D eigenvalue weighted by molar-refractivity contribution is 0.477. The van der Waals surface area contributed by atoms with Crippen LogP contribution in [0.4, 0.5) is 17.1 Å². The number of para-hydroxylation sites is 4. The van der Waals surface area contributed by atoms with Gasteiger partial charge in [0.25, 0.3) is 0 Å². The molecule has 0 aromatic heterocycles. The second-order valence-electron chi connectivity index (χ2n) is 18.2. The first-order valence-corrected chi connectivity index (χ1v) is 22.4. The van der Waals surface area contributed by atoms with Crippen LogP contribution in [0.1, 0.15) is 44.5 Å². The Morgan fingerprint density at radius 2 is 0.469 bits per heavy atom. The molecule has 0 amide bonds. The first-order valence-electron chi connectivity index (χ1n) is 22.4. The van der Waals surface area contributed by atoms with Crippen molar-refractivity contribution >= 4 is 17.1 Å². The van der Waals surface area contributed by atoms with Crippen molar-refractivity contribution in [2.75, 3.05) is 4.90 Å². The van der Waals surface area contributed by atoms with E-state index in [4.69, 9.17) is 4.74 Å². The van der Waals surface area contributed by atoms with Gasteiger partial charge >= 0.3 is 0 Å². The number of hydrogen-bond donors (Lipinski definition) is 0. The fraction of sp³-hybridized carbons (Fsp3) is 0.129. The minimum atomic E-state index is 0.830. The highest BCUT2D eigenvalue weighted by atomic mass is 16.5. The number of benzene rings is 9. The highest BCUT2D eigenvalue weighted by molar-refractivity contribution is 5.93. The molecule has 1 aliphatic rings. The molecule has 1 heterocycles.